The van der Waals surface area contributed by atoms with E-state index in [1.807, 2.05) is 24.3 Å². The SMILES string of the molecule is NC1=NC(c2ccc(Cl)cc2)(C2CCCCC2)C(=O)N1C1CCOCC1. The van der Waals surface area contributed by atoms with Crippen molar-refractivity contribution in [3.05, 3.63) is 34.9 Å². The highest BCUT2D eigenvalue weighted by Gasteiger charge is 2.55. The lowest BCUT2D eigenvalue weighted by Gasteiger charge is -2.38. The third-order valence-corrected chi connectivity index (χ3v) is 6.37. The van der Waals surface area contributed by atoms with Crippen LogP contribution in [0.5, 0.6) is 0 Å². The van der Waals surface area contributed by atoms with Gasteiger partial charge in [-0.15, -0.1) is 0 Å². The van der Waals surface area contributed by atoms with Gasteiger partial charge in [0.25, 0.3) is 5.91 Å². The van der Waals surface area contributed by atoms with E-state index in [0.717, 1.165) is 44.1 Å². The summed E-state index contributed by atoms with van der Waals surface area (Å²) in [6, 6.07) is 7.66. The molecule has 0 radical (unpaired) electrons. The standard InChI is InChI=1S/C20H26ClN3O2/c21-16-8-6-15(7-9-16)20(14-4-2-1-3-5-14)18(25)24(19(22)23-20)17-10-12-26-13-11-17/h6-9,14,17H,1-5,10-13H2,(H2,22,23). The van der Waals surface area contributed by atoms with Crippen molar-refractivity contribution in [3.63, 3.8) is 0 Å². The smallest absolute Gasteiger partial charge is 0.262 e. The van der Waals surface area contributed by atoms with Crippen LogP contribution in [0.25, 0.3) is 0 Å². The maximum Gasteiger partial charge on any atom is 0.262 e. The van der Waals surface area contributed by atoms with E-state index in [-0.39, 0.29) is 17.9 Å². The van der Waals surface area contributed by atoms with Crippen molar-refractivity contribution in [2.24, 2.45) is 16.6 Å². The van der Waals surface area contributed by atoms with Crippen LogP contribution in [0.2, 0.25) is 5.02 Å². The van der Waals surface area contributed by atoms with Gasteiger partial charge in [0, 0.05) is 24.3 Å². The number of guanidine groups is 1. The van der Waals surface area contributed by atoms with Gasteiger partial charge in [0.15, 0.2) is 11.5 Å². The summed E-state index contributed by atoms with van der Waals surface area (Å²) in [6.45, 7) is 1.33. The minimum atomic E-state index is -0.895. The molecule has 1 aliphatic carbocycles. The average molecular weight is 376 g/mol. The number of nitrogens with two attached hydrogens (primary N) is 1. The van der Waals surface area contributed by atoms with Gasteiger partial charge in [0.2, 0.25) is 0 Å². The van der Waals surface area contributed by atoms with Gasteiger partial charge in [-0.1, -0.05) is 43.0 Å². The fourth-order valence-corrected chi connectivity index (χ4v) is 4.91. The van der Waals surface area contributed by atoms with Gasteiger partial charge >= 0.3 is 0 Å². The Labute approximate surface area is 159 Å². The van der Waals surface area contributed by atoms with E-state index in [4.69, 9.17) is 27.1 Å². The number of rotatable bonds is 3. The minimum absolute atomic E-state index is 0.0381. The number of amides is 1. The highest BCUT2D eigenvalue weighted by atomic mass is 35.5. The Morgan fingerprint density at radius 3 is 2.38 bits per heavy atom. The van der Waals surface area contributed by atoms with Gasteiger partial charge in [-0.05, 0) is 49.3 Å². The van der Waals surface area contributed by atoms with Crippen molar-refractivity contribution in [3.8, 4) is 0 Å². The van der Waals surface area contributed by atoms with Crippen LogP contribution in [0.15, 0.2) is 29.3 Å². The maximum atomic E-state index is 13.8. The summed E-state index contributed by atoms with van der Waals surface area (Å²) in [6.07, 6.45) is 7.14. The molecule has 5 nitrogen and oxygen atoms in total. The average Bonchev–Trinajstić information content (AvgIpc) is 2.95. The summed E-state index contributed by atoms with van der Waals surface area (Å²) < 4.78 is 5.46. The fraction of sp³-hybridized carbons (Fsp3) is 0.600. The number of carbonyl (C=O) groups excluding carboxylic acids is 1. The predicted molar refractivity (Wildman–Crippen MR) is 102 cm³/mol. The summed E-state index contributed by atoms with van der Waals surface area (Å²) in [4.78, 5) is 20.4. The molecule has 2 fully saturated rings. The van der Waals surface area contributed by atoms with E-state index >= 15 is 0 Å². The first-order valence-corrected chi connectivity index (χ1v) is 10.0. The molecule has 0 bridgehead atoms. The van der Waals surface area contributed by atoms with Gasteiger partial charge < -0.3 is 10.5 Å². The van der Waals surface area contributed by atoms with Crippen molar-refractivity contribution in [1.82, 2.24) is 4.90 Å². The van der Waals surface area contributed by atoms with E-state index in [0.29, 0.717) is 24.2 Å². The molecule has 0 spiro atoms. The van der Waals surface area contributed by atoms with Crippen LogP contribution in [0.4, 0.5) is 0 Å². The van der Waals surface area contributed by atoms with Gasteiger partial charge in [-0.2, -0.15) is 0 Å². The first-order valence-electron chi connectivity index (χ1n) is 9.65. The number of hydrogen-bond donors (Lipinski definition) is 1. The summed E-state index contributed by atoms with van der Waals surface area (Å²) in [5.74, 6) is 0.590. The predicted octanol–water partition coefficient (Wildman–Crippen LogP) is 3.45. The minimum Gasteiger partial charge on any atom is -0.381 e. The van der Waals surface area contributed by atoms with Crippen LogP contribution in [0.1, 0.15) is 50.5 Å². The molecule has 1 aromatic rings. The second kappa shape index (κ2) is 7.20. The zero-order chi connectivity index (χ0) is 18.1. The lowest BCUT2D eigenvalue weighted by atomic mass is 9.71. The molecule has 1 atom stereocenters. The molecule has 1 unspecified atom stereocenters. The number of carbonyl (C=O) groups is 1. The van der Waals surface area contributed by atoms with Crippen LogP contribution in [-0.4, -0.2) is 36.0 Å². The van der Waals surface area contributed by atoms with Crippen molar-refractivity contribution in [2.45, 2.75) is 56.5 Å². The van der Waals surface area contributed by atoms with Gasteiger partial charge in [0.1, 0.15) is 0 Å². The Balaban J connectivity index is 1.75. The van der Waals surface area contributed by atoms with Crippen LogP contribution >= 0.6 is 11.6 Å². The molecule has 1 amide bonds. The number of hydrogen-bond acceptors (Lipinski definition) is 4. The molecule has 4 rings (SSSR count). The molecule has 0 aromatic heterocycles. The molecular formula is C20H26ClN3O2. The van der Waals surface area contributed by atoms with Crippen LogP contribution < -0.4 is 5.73 Å². The van der Waals surface area contributed by atoms with Crippen molar-refractivity contribution >= 4 is 23.5 Å². The van der Waals surface area contributed by atoms with E-state index in [1.165, 1.54) is 6.42 Å². The maximum absolute atomic E-state index is 13.8. The monoisotopic (exact) mass is 375 g/mol. The first kappa shape index (κ1) is 17.8. The summed E-state index contributed by atoms with van der Waals surface area (Å²) in [5.41, 5.74) is 6.36. The molecule has 1 aromatic carbocycles. The lowest BCUT2D eigenvalue weighted by Crippen LogP contribution is -2.52. The highest BCUT2D eigenvalue weighted by Crippen LogP contribution is 2.47. The van der Waals surface area contributed by atoms with Gasteiger partial charge in [-0.25, -0.2) is 4.99 Å². The highest BCUT2D eigenvalue weighted by molar-refractivity contribution is 6.30. The molecular weight excluding hydrogens is 350 g/mol. The topological polar surface area (TPSA) is 67.9 Å². The molecule has 2 N–H and O–H groups in total. The van der Waals surface area contributed by atoms with Crippen LogP contribution in [0.3, 0.4) is 0 Å². The second-order valence-electron chi connectivity index (χ2n) is 7.60. The van der Waals surface area contributed by atoms with Gasteiger partial charge in [-0.3, -0.25) is 9.69 Å². The largest absolute Gasteiger partial charge is 0.381 e. The summed E-state index contributed by atoms with van der Waals surface area (Å²) in [5, 5.41) is 0.663. The number of halogens is 1. The normalized spacial score (nSPS) is 28.4. The lowest BCUT2D eigenvalue weighted by molar-refractivity contribution is -0.136. The van der Waals surface area contributed by atoms with E-state index in [9.17, 15) is 4.79 Å². The summed E-state index contributed by atoms with van der Waals surface area (Å²) in [7, 11) is 0. The zero-order valence-corrected chi connectivity index (χ0v) is 15.8. The Bertz CT molecular complexity index is 694. The third kappa shape index (κ3) is 2.91. The first-order chi connectivity index (χ1) is 12.6. The number of benzene rings is 1. The molecule has 2 heterocycles. The van der Waals surface area contributed by atoms with E-state index < -0.39 is 5.54 Å². The number of nitrogens with zero attached hydrogens (tertiary/aromatic N) is 2. The van der Waals surface area contributed by atoms with Crippen molar-refractivity contribution in [1.29, 1.82) is 0 Å². The fourth-order valence-electron chi connectivity index (χ4n) is 4.78. The Kier molecular flexibility index (Phi) is 4.93. The van der Waals surface area contributed by atoms with Crippen LogP contribution in [0, 0.1) is 5.92 Å². The molecule has 140 valence electrons. The molecule has 26 heavy (non-hydrogen) atoms. The van der Waals surface area contributed by atoms with Crippen molar-refractivity contribution < 1.29 is 9.53 Å². The Morgan fingerprint density at radius 1 is 1.08 bits per heavy atom. The number of aliphatic imine (C=N–C) groups is 1. The van der Waals surface area contributed by atoms with E-state index in [1.54, 1.807) is 4.90 Å². The molecule has 6 heteroatoms. The molecule has 1 saturated heterocycles. The molecule has 1 saturated carbocycles. The second-order valence-corrected chi connectivity index (χ2v) is 8.03. The van der Waals surface area contributed by atoms with Crippen LogP contribution in [-0.2, 0) is 15.1 Å². The summed E-state index contributed by atoms with van der Waals surface area (Å²) >= 11 is 6.10. The zero-order valence-electron chi connectivity index (χ0n) is 15.0. The van der Waals surface area contributed by atoms with Gasteiger partial charge in [0.05, 0.1) is 0 Å². The quantitative estimate of drug-likeness (QED) is 0.879. The number of ether oxygens (including phenoxy) is 1. The Morgan fingerprint density at radius 2 is 1.73 bits per heavy atom. The molecule has 3 aliphatic rings. The van der Waals surface area contributed by atoms with E-state index in [2.05, 4.69) is 0 Å². The van der Waals surface area contributed by atoms with Crippen molar-refractivity contribution in [2.75, 3.05) is 13.2 Å². The molecule has 2 aliphatic heterocycles. The Hall–Kier alpha value is -1.59. The third-order valence-electron chi connectivity index (χ3n) is 6.12.